The van der Waals surface area contributed by atoms with Gasteiger partial charge in [0, 0.05) is 0 Å². The largest absolute Gasteiger partial charge is 0.0912 e. The van der Waals surface area contributed by atoms with Crippen LogP contribution in [0, 0.1) is 13.8 Å². The number of hydrogen-bond donors (Lipinski definition) is 0. The van der Waals surface area contributed by atoms with Gasteiger partial charge in [0.2, 0.25) is 0 Å². The summed E-state index contributed by atoms with van der Waals surface area (Å²) in [6.45, 7) is 13.1. The second-order valence-electron chi connectivity index (χ2n) is 9.60. The molecular formula is C36H36. The van der Waals surface area contributed by atoms with E-state index >= 15 is 0 Å². The molecule has 180 valence electrons. The van der Waals surface area contributed by atoms with E-state index in [9.17, 15) is 0 Å². The first-order chi connectivity index (χ1) is 17.5. The van der Waals surface area contributed by atoms with Crippen molar-refractivity contribution in [1.82, 2.24) is 0 Å². The number of hydrogen-bond acceptors (Lipinski definition) is 0. The van der Waals surface area contributed by atoms with Gasteiger partial charge in [-0.3, -0.25) is 0 Å². The van der Waals surface area contributed by atoms with Gasteiger partial charge in [0.05, 0.1) is 0 Å². The van der Waals surface area contributed by atoms with Crippen molar-refractivity contribution in [2.75, 3.05) is 0 Å². The molecule has 0 heteroatoms. The van der Waals surface area contributed by atoms with Crippen molar-refractivity contribution < 1.29 is 0 Å². The molecule has 0 aliphatic heterocycles. The van der Waals surface area contributed by atoms with Gasteiger partial charge in [0.15, 0.2) is 0 Å². The highest BCUT2D eigenvalue weighted by molar-refractivity contribution is 5.79. The van der Waals surface area contributed by atoms with Gasteiger partial charge in [0.25, 0.3) is 0 Å². The van der Waals surface area contributed by atoms with E-state index in [1.165, 1.54) is 50.1 Å². The summed E-state index contributed by atoms with van der Waals surface area (Å²) in [4.78, 5) is 0. The fourth-order valence-electron chi connectivity index (χ4n) is 4.59. The van der Waals surface area contributed by atoms with Crippen LogP contribution in [0.3, 0.4) is 0 Å². The molecule has 0 amide bonds. The first-order valence-electron chi connectivity index (χ1n) is 12.9. The smallest absolute Gasteiger partial charge is 0.0178 e. The third kappa shape index (κ3) is 6.01. The average Bonchev–Trinajstić information content (AvgIpc) is 2.92. The zero-order valence-corrected chi connectivity index (χ0v) is 22.0. The molecule has 0 saturated carbocycles. The van der Waals surface area contributed by atoms with Gasteiger partial charge in [-0.05, 0) is 88.9 Å². The number of allylic oxidation sites excluding steroid dienone is 5. The predicted octanol–water partition coefficient (Wildman–Crippen LogP) is 10.5. The molecule has 0 aromatic heterocycles. The van der Waals surface area contributed by atoms with Crippen LogP contribution in [0.25, 0.3) is 33.4 Å². The maximum absolute atomic E-state index is 4.28. The van der Waals surface area contributed by atoms with E-state index in [4.69, 9.17) is 0 Å². The fraction of sp³-hybridized carbons (Fsp3) is 0.167. The Labute approximate surface area is 217 Å². The minimum atomic E-state index is 1.04. The molecule has 0 fully saturated rings. The van der Waals surface area contributed by atoms with Gasteiger partial charge in [-0.1, -0.05) is 129 Å². The standard InChI is InChI=1S/C36H36/c1-6-10-31(19-15-27(3)30-11-8-7-9-12-30)29(5)36-25-35(20-16-28(36)4)34-23-21-33(22-24-34)32-17-13-26(2)14-18-32/h7-9,11-25H,3,6,10H2,1-2,4-5H3/b19-15-,31-29+. The molecular weight excluding hydrogens is 432 g/mol. The number of benzene rings is 4. The maximum Gasteiger partial charge on any atom is -0.0178 e. The Bertz CT molecular complexity index is 1380. The Morgan fingerprint density at radius 1 is 0.694 bits per heavy atom. The minimum Gasteiger partial charge on any atom is -0.0912 e. The summed E-state index contributed by atoms with van der Waals surface area (Å²) in [5, 5.41) is 0. The molecule has 0 nitrogen and oxygen atoms in total. The maximum atomic E-state index is 4.28. The predicted molar refractivity (Wildman–Crippen MR) is 159 cm³/mol. The van der Waals surface area contributed by atoms with Crippen LogP contribution in [0.1, 0.15) is 48.9 Å². The van der Waals surface area contributed by atoms with Crippen molar-refractivity contribution in [3.05, 3.63) is 144 Å². The van der Waals surface area contributed by atoms with Crippen LogP contribution in [-0.4, -0.2) is 0 Å². The van der Waals surface area contributed by atoms with E-state index in [1.54, 1.807) is 0 Å². The molecule has 0 radical (unpaired) electrons. The van der Waals surface area contributed by atoms with E-state index in [1.807, 2.05) is 6.07 Å². The van der Waals surface area contributed by atoms with Crippen LogP contribution < -0.4 is 0 Å². The number of rotatable bonds is 8. The zero-order chi connectivity index (χ0) is 25.5. The average molecular weight is 469 g/mol. The summed E-state index contributed by atoms with van der Waals surface area (Å²) in [7, 11) is 0. The Morgan fingerprint density at radius 2 is 1.25 bits per heavy atom. The Kier molecular flexibility index (Phi) is 8.18. The molecule has 36 heavy (non-hydrogen) atoms. The third-order valence-corrected chi connectivity index (χ3v) is 6.88. The van der Waals surface area contributed by atoms with Crippen LogP contribution >= 0.6 is 0 Å². The van der Waals surface area contributed by atoms with Crippen molar-refractivity contribution in [2.24, 2.45) is 0 Å². The minimum absolute atomic E-state index is 1.04. The molecule has 0 spiro atoms. The quantitative estimate of drug-likeness (QED) is 0.226. The molecule has 0 N–H and O–H groups in total. The van der Waals surface area contributed by atoms with Crippen molar-refractivity contribution in [3.8, 4) is 22.3 Å². The monoisotopic (exact) mass is 468 g/mol. The second-order valence-corrected chi connectivity index (χ2v) is 9.60. The first kappa shape index (κ1) is 25.2. The van der Waals surface area contributed by atoms with Crippen LogP contribution in [0.15, 0.2) is 121 Å². The lowest BCUT2D eigenvalue weighted by Gasteiger charge is -2.14. The second kappa shape index (κ2) is 11.7. The summed E-state index contributed by atoms with van der Waals surface area (Å²) in [5.74, 6) is 0. The summed E-state index contributed by atoms with van der Waals surface area (Å²) < 4.78 is 0. The normalized spacial score (nSPS) is 12.0. The Balaban J connectivity index is 1.64. The lowest BCUT2D eigenvalue weighted by atomic mass is 9.91. The lowest BCUT2D eigenvalue weighted by molar-refractivity contribution is 0.927. The van der Waals surface area contributed by atoms with E-state index in [0.717, 1.165) is 24.0 Å². The highest BCUT2D eigenvalue weighted by Gasteiger charge is 2.09. The van der Waals surface area contributed by atoms with Crippen LogP contribution in [-0.2, 0) is 0 Å². The highest BCUT2D eigenvalue weighted by atomic mass is 14.1. The fourth-order valence-corrected chi connectivity index (χ4v) is 4.59. The molecule has 0 bridgehead atoms. The van der Waals surface area contributed by atoms with Gasteiger partial charge in [0.1, 0.15) is 0 Å². The first-order valence-corrected chi connectivity index (χ1v) is 12.9. The molecule has 4 aromatic rings. The Hall–Kier alpha value is -3.90. The SMILES string of the molecule is C=C(/C=C\C(CCC)=C(/C)c1cc(-c2ccc(-c3ccc(C)cc3)cc2)ccc1C)c1ccccc1. The molecule has 4 rings (SSSR count). The van der Waals surface area contributed by atoms with Crippen LogP contribution in [0.2, 0.25) is 0 Å². The molecule has 4 aromatic carbocycles. The third-order valence-electron chi connectivity index (χ3n) is 6.88. The van der Waals surface area contributed by atoms with E-state index in [0.29, 0.717) is 0 Å². The van der Waals surface area contributed by atoms with Gasteiger partial charge >= 0.3 is 0 Å². The summed E-state index contributed by atoms with van der Waals surface area (Å²) in [5.41, 5.74) is 13.8. The van der Waals surface area contributed by atoms with Crippen molar-refractivity contribution in [1.29, 1.82) is 0 Å². The van der Waals surface area contributed by atoms with Crippen molar-refractivity contribution in [3.63, 3.8) is 0 Å². The molecule has 0 unspecified atom stereocenters. The molecule has 0 heterocycles. The Morgan fingerprint density at radius 3 is 1.86 bits per heavy atom. The van der Waals surface area contributed by atoms with Crippen molar-refractivity contribution in [2.45, 2.75) is 40.5 Å². The summed E-state index contributed by atoms with van der Waals surface area (Å²) >= 11 is 0. The zero-order valence-electron chi connectivity index (χ0n) is 22.0. The summed E-state index contributed by atoms with van der Waals surface area (Å²) in [6, 6.07) is 34.9. The molecule has 0 aliphatic carbocycles. The molecule has 0 aliphatic rings. The van der Waals surface area contributed by atoms with E-state index in [-0.39, 0.29) is 0 Å². The molecule has 0 atom stereocenters. The van der Waals surface area contributed by atoms with Crippen LogP contribution in [0.5, 0.6) is 0 Å². The van der Waals surface area contributed by atoms with Gasteiger partial charge in [-0.15, -0.1) is 0 Å². The van der Waals surface area contributed by atoms with Gasteiger partial charge < -0.3 is 0 Å². The van der Waals surface area contributed by atoms with E-state index in [2.05, 4.69) is 137 Å². The number of aryl methyl sites for hydroxylation is 2. The topological polar surface area (TPSA) is 0 Å². The van der Waals surface area contributed by atoms with Crippen molar-refractivity contribution >= 4 is 11.1 Å². The highest BCUT2D eigenvalue weighted by Crippen LogP contribution is 2.31. The lowest BCUT2D eigenvalue weighted by Crippen LogP contribution is -1.92. The van der Waals surface area contributed by atoms with Crippen LogP contribution in [0.4, 0.5) is 0 Å². The molecule has 0 saturated heterocycles. The van der Waals surface area contributed by atoms with E-state index < -0.39 is 0 Å². The summed E-state index contributed by atoms with van der Waals surface area (Å²) in [6.07, 6.45) is 6.57. The van der Waals surface area contributed by atoms with Gasteiger partial charge in [-0.2, -0.15) is 0 Å². The van der Waals surface area contributed by atoms with Gasteiger partial charge in [-0.25, -0.2) is 0 Å².